The van der Waals surface area contributed by atoms with Gasteiger partial charge in [-0.15, -0.1) is 0 Å². The molecule has 0 radical (unpaired) electrons. The first-order valence-electron chi connectivity index (χ1n) is 6.86. The van der Waals surface area contributed by atoms with E-state index >= 15 is 0 Å². The Morgan fingerprint density at radius 1 is 1.37 bits per heavy atom. The summed E-state index contributed by atoms with van der Waals surface area (Å²) in [6.45, 7) is 7.28. The largest absolute Gasteiger partial charge is 0.367 e. The molecule has 0 bridgehead atoms. The zero-order valence-electron chi connectivity index (χ0n) is 11.6. The summed E-state index contributed by atoms with van der Waals surface area (Å²) in [6.07, 6.45) is 0.507. The number of carbonyl (C=O) groups excluding carboxylic acids is 1. The van der Waals surface area contributed by atoms with Gasteiger partial charge in [0.2, 0.25) is 0 Å². The van der Waals surface area contributed by atoms with E-state index in [2.05, 4.69) is 5.32 Å². The van der Waals surface area contributed by atoms with E-state index < -0.39 is 0 Å². The molecule has 0 aromatic heterocycles. The molecule has 2 rings (SSSR count). The summed E-state index contributed by atoms with van der Waals surface area (Å²) >= 11 is 0. The lowest BCUT2D eigenvalue weighted by Gasteiger charge is -2.30. The standard InChI is InChI=1S/C15H21FN2O/c1-11(2)9-15(19)12-3-4-13(16)14(10-12)18-7-5-17-6-8-18/h3-4,10-11,17H,5-9H2,1-2H3. The zero-order chi connectivity index (χ0) is 13.8. The van der Waals surface area contributed by atoms with Crippen LogP contribution in [-0.4, -0.2) is 32.0 Å². The van der Waals surface area contributed by atoms with Crippen molar-refractivity contribution in [1.29, 1.82) is 0 Å². The van der Waals surface area contributed by atoms with Crippen LogP contribution in [0.25, 0.3) is 0 Å². The van der Waals surface area contributed by atoms with Gasteiger partial charge in [0.15, 0.2) is 5.78 Å². The maximum atomic E-state index is 13.9. The van der Waals surface area contributed by atoms with Gasteiger partial charge in [-0.2, -0.15) is 0 Å². The van der Waals surface area contributed by atoms with Gasteiger partial charge in [-0.3, -0.25) is 4.79 Å². The molecule has 0 unspecified atom stereocenters. The second-order valence-electron chi connectivity index (χ2n) is 5.42. The highest BCUT2D eigenvalue weighted by molar-refractivity contribution is 5.97. The number of hydrogen-bond acceptors (Lipinski definition) is 3. The number of ketones is 1. The lowest BCUT2D eigenvalue weighted by molar-refractivity contribution is 0.0968. The minimum atomic E-state index is -0.247. The van der Waals surface area contributed by atoms with Gasteiger partial charge < -0.3 is 10.2 Å². The van der Waals surface area contributed by atoms with Gasteiger partial charge in [-0.05, 0) is 24.1 Å². The molecule has 1 fully saturated rings. The maximum absolute atomic E-state index is 13.9. The van der Waals surface area contributed by atoms with E-state index in [-0.39, 0.29) is 11.6 Å². The summed E-state index contributed by atoms with van der Waals surface area (Å²) in [4.78, 5) is 14.0. The summed E-state index contributed by atoms with van der Waals surface area (Å²) < 4.78 is 13.9. The average molecular weight is 264 g/mol. The van der Waals surface area contributed by atoms with Crippen molar-refractivity contribution in [3.05, 3.63) is 29.6 Å². The van der Waals surface area contributed by atoms with Crippen molar-refractivity contribution in [3.63, 3.8) is 0 Å². The lowest BCUT2D eigenvalue weighted by Crippen LogP contribution is -2.43. The number of halogens is 1. The third-order valence-corrected chi connectivity index (χ3v) is 3.32. The summed E-state index contributed by atoms with van der Waals surface area (Å²) in [6, 6.07) is 4.70. The Labute approximate surface area is 113 Å². The van der Waals surface area contributed by atoms with Crippen LogP contribution < -0.4 is 10.2 Å². The van der Waals surface area contributed by atoms with Crippen LogP contribution in [0.1, 0.15) is 30.6 Å². The van der Waals surface area contributed by atoms with Gasteiger partial charge in [0.05, 0.1) is 5.69 Å². The summed E-state index contributed by atoms with van der Waals surface area (Å²) in [5, 5.41) is 3.24. The molecular formula is C15H21FN2O. The topological polar surface area (TPSA) is 32.3 Å². The SMILES string of the molecule is CC(C)CC(=O)c1ccc(F)c(N2CCNCC2)c1. The van der Waals surface area contributed by atoms with E-state index in [1.807, 2.05) is 18.7 Å². The minimum Gasteiger partial charge on any atom is -0.367 e. The van der Waals surface area contributed by atoms with Crippen molar-refractivity contribution in [2.75, 3.05) is 31.1 Å². The number of benzene rings is 1. The van der Waals surface area contributed by atoms with Crippen LogP contribution >= 0.6 is 0 Å². The Kier molecular flexibility index (Phi) is 4.53. The molecule has 0 amide bonds. The zero-order valence-corrected chi connectivity index (χ0v) is 11.6. The molecule has 3 nitrogen and oxygen atoms in total. The molecule has 19 heavy (non-hydrogen) atoms. The van der Waals surface area contributed by atoms with Crippen LogP contribution in [0.5, 0.6) is 0 Å². The highest BCUT2D eigenvalue weighted by atomic mass is 19.1. The smallest absolute Gasteiger partial charge is 0.163 e. The first kappa shape index (κ1) is 14.0. The van der Waals surface area contributed by atoms with Crippen LogP contribution in [0.2, 0.25) is 0 Å². The summed E-state index contributed by atoms with van der Waals surface area (Å²) in [7, 11) is 0. The van der Waals surface area contributed by atoms with Gasteiger partial charge in [0.25, 0.3) is 0 Å². The normalized spacial score (nSPS) is 15.9. The number of piperazine rings is 1. The molecule has 1 aromatic rings. The minimum absolute atomic E-state index is 0.0892. The molecule has 1 saturated heterocycles. The van der Waals surface area contributed by atoms with E-state index in [1.54, 1.807) is 12.1 Å². The monoisotopic (exact) mass is 264 g/mol. The lowest BCUT2D eigenvalue weighted by atomic mass is 10.0. The van der Waals surface area contributed by atoms with E-state index in [9.17, 15) is 9.18 Å². The Hall–Kier alpha value is -1.42. The first-order valence-corrected chi connectivity index (χ1v) is 6.86. The molecular weight excluding hydrogens is 243 g/mol. The van der Waals surface area contributed by atoms with Crippen LogP contribution in [-0.2, 0) is 0 Å². The van der Waals surface area contributed by atoms with Gasteiger partial charge in [-0.1, -0.05) is 13.8 Å². The van der Waals surface area contributed by atoms with Crippen molar-refractivity contribution >= 4 is 11.5 Å². The number of nitrogens with zero attached hydrogens (tertiary/aromatic N) is 1. The van der Waals surface area contributed by atoms with Crippen LogP contribution in [0.15, 0.2) is 18.2 Å². The third-order valence-electron chi connectivity index (χ3n) is 3.32. The summed E-state index contributed by atoms with van der Waals surface area (Å²) in [5.41, 5.74) is 1.17. The molecule has 0 spiro atoms. The van der Waals surface area contributed by atoms with Crippen LogP contribution in [0, 0.1) is 11.7 Å². The molecule has 0 atom stereocenters. The quantitative estimate of drug-likeness (QED) is 0.848. The molecule has 1 heterocycles. The van der Waals surface area contributed by atoms with Crippen LogP contribution in [0.3, 0.4) is 0 Å². The molecule has 1 N–H and O–H groups in total. The van der Waals surface area contributed by atoms with Gasteiger partial charge in [0.1, 0.15) is 5.82 Å². The second-order valence-corrected chi connectivity index (χ2v) is 5.42. The number of hydrogen-bond donors (Lipinski definition) is 1. The number of anilines is 1. The van der Waals surface area contributed by atoms with Crippen molar-refractivity contribution < 1.29 is 9.18 Å². The Bertz CT molecular complexity index is 453. The average Bonchev–Trinajstić information content (AvgIpc) is 2.39. The van der Waals surface area contributed by atoms with E-state index in [0.29, 0.717) is 23.6 Å². The van der Waals surface area contributed by atoms with E-state index in [4.69, 9.17) is 0 Å². The van der Waals surface area contributed by atoms with Crippen molar-refractivity contribution in [3.8, 4) is 0 Å². The summed E-state index contributed by atoms with van der Waals surface area (Å²) in [5.74, 6) is 0.162. The fraction of sp³-hybridized carbons (Fsp3) is 0.533. The maximum Gasteiger partial charge on any atom is 0.163 e. The van der Waals surface area contributed by atoms with Gasteiger partial charge in [-0.25, -0.2) is 4.39 Å². The molecule has 0 aliphatic carbocycles. The number of rotatable bonds is 4. The number of Topliss-reactive ketones (excluding diaryl/α,β-unsaturated/α-hetero) is 1. The van der Waals surface area contributed by atoms with Crippen molar-refractivity contribution in [2.24, 2.45) is 5.92 Å². The third kappa shape index (κ3) is 3.53. The van der Waals surface area contributed by atoms with Crippen LogP contribution in [0.4, 0.5) is 10.1 Å². The Morgan fingerprint density at radius 2 is 2.05 bits per heavy atom. The van der Waals surface area contributed by atoms with Gasteiger partial charge in [0, 0.05) is 38.2 Å². The van der Waals surface area contributed by atoms with Crippen molar-refractivity contribution in [1.82, 2.24) is 5.32 Å². The van der Waals surface area contributed by atoms with Gasteiger partial charge >= 0.3 is 0 Å². The molecule has 1 aliphatic rings. The second kappa shape index (κ2) is 6.15. The molecule has 1 aromatic carbocycles. The molecule has 1 aliphatic heterocycles. The van der Waals surface area contributed by atoms with Crippen molar-refractivity contribution in [2.45, 2.75) is 20.3 Å². The van der Waals surface area contributed by atoms with E-state index in [0.717, 1.165) is 26.2 Å². The molecule has 104 valence electrons. The fourth-order valence-corrected chi connectivity index (χ4v) is 2.32. The Morgan fingerprint density at radius 3 is 2.68 bits per heavy atom. The molecule has 4 heteroatoms. The highest BCUT2D eigenvalue weighted by Crippen LogP contribution is 2.22. The Balaban J connectivity index is 2.21. The number of carbonyl (C=O) groups is 1. The predicted octanol–water partition coefficient (Wildman–Crippen LogP) is 2.46. The first-order chi connectivity index (χ1) is 9.08. The van der Waals surface area contributed by atoms with E-state index in [1.165, 1.54) is 6.07 Å². The predicted molar refractivity (Wildman–Crippen MR) is 75.3 cm³/mol. The highest BCUT2D eigenvalue weighted by Gasteiger charge is 2.17. The fourth-order valence-electron chi connectivity index (χ4n) is 2.32. The molecule has 0 saturated carbocycles. The number of nitrogens with one attached hydrogen (secondary N) is 1.